The summed E-state index contributed by atoms with van der Waals surface area (Å²) >= 11 is 0. The van der Waals surface area contributed by atoms with E-state index in [-0.39, 0.29) is 5.54 Å². The van der Waals surface area contributed by atoms with Crippen LogP contribution in [0.4, 0.5) is 0 Å². The van der Waals surface area contributed by atoms with Crippen molar-refractivity contribution in [3.8, 4) is 5.75 Å². The fourth-order valence-electron chi connectivity index (χ4n) is 2.83. The Morgan fingerprint density at radius 3 is 2.50 bits per heavy atom. The van der Waals surface area contributed by atoms with Gasteiger partial charge in [0.05, 0.1) is 7.11 Å². The van der Waals surface area contributed by atoms with Gasteiger partial charge in [0.2, 0.25) is 0 Å². The number of methoxy groups -OCH3 is 1. The minimum atomic E-state index is -0.128. The number of hydrogen-bond acceptors (Lipinski definition) is 2. The molecule has 0 heterocycles. The zero-order chi connectivity index (χ0) is 11.6. The Labute approximate surface area is 97.8 Å². The molecule has 0 aliphatic heterocycles. The molecule has 0 radical (unpaired) electrons. The van der Waals surface area contributed by atoms with Crippen molar-refractivity contribution in [3.05, 3.63) is 29.3 Å². The Bertz CT molecular complexity index is 367. The summed E-state index contributed by atoms with van der Waals surface area (Å²) in [6.07, 6.45) is 6.00. The summed E-state index contributed by atoms with van der Waals surface area (Å²) in [6.45, 7) is 2.11. The van der Waals surface area contributed by atoms with E-state index in [2.05, 4.69) is 13.0 Å². The fourth-order valence-corrected chi connectivity index (χ4v) is 2.83. The predicted molar refractivity (Wildman–Crippen MR) is 66.7 cm³/mol. The molecule has 1 aliphatic rings. The lowest BCUT2D eigenvalue weighted by Gasteiger charge is -2.35. The van der Waals surface area contributed by atoms with Crippen LogP contribution in [-0.4, -0.2) is 7.11 Å². The van der Waals surface area contributed by atoms with Gasteiger partial charge in [-0.25, -0.2) is 0 Å². The topological polar surface area (TPSA) is 35.2 Å². The second-order valence-electron chi connectivity index (χ2n) is 4.85. The van der Waals surface area contributed by atoms with Gasteiger partial charge in [-0.3, -0.25) is 0 Å². The average Bonchev–Trinajstić information content (AvgIpc) is 2.30. The average molecular weight is 219 g/mol. The van der Waals surface area contributed by atoms with E-state index in [1.54, 1.807) is 7.11 Å². The van der Waals surface area contributed by atoms with E-state index in [0.29, 0.717) is 0 Å². The number of rotatable bonds is 2. The quantitative estimate of drug-likeness (QED) is 0.829. The molecular formula is C14H21NO. The van der Waals surface area contributed by atoms with Crippen LogP contribution >= 0.6 is 0 Å². The zero-order valence-corrected chi connectivity index (χ0v) is 10.3. The van der Waals surface area contributed by atoms with Crippen molar-refractivity contribution in [1.82, 2.24) is 0 Å². The van der Waals surface area contributed by atoms with E-state index >= 15 is 0 Å². The molecule has 0 saturated heterocycles. The van der Waals surface area contributed by atoms with Crippen LogP contribution in [-0.2, 0) is 5.54 Å². The van der Waals surface area contributed by atoms with Gasteiger partial charge in [-0.1, -0.05) is 31.4 Å². The van der Waals surface area contributed by atoms with Crippen molar-refractivity contribution >= 4 is 0 Å². The third-order valence-corrected chi connectivity index (χ3v) is 3.79. The molecule has 1 aliphatic carbocycles. The Morgan fingerprint density at radius 2 is 1.88 bits per heavy atom. The molecule has 0 amide bonds. The van der Waals surface area contributed by atoms with E-state index in [0.717, 1.165) is 18.6 Å². The minimum Gasteiger partial charge on any atom is -0.496 e. The van der Waals surface area contributed by atoms with Gasteiger partial charge in [-0.05, 0) is 37.0 Å². The van der Waals surface area contributed by atoms with Gasteiger partial charge < -0.3 is 10.5 Å². The summed E-state index contributed by atoms with van der Waals surface area (Å²) in [7, 11) is 1.72. The molecule has 0 bridgehead atoms. The van der Waals surface area contributed by atoms with Gasteiger partial charge in [0.1, 0.15) is 5.75 Å². The lowest BCUT2D eigenvalue weighted by Crippen LogP contribution is -2.39. The molecule has 1 aromatic carbocycles. The lowest BCUT2D eigenvalue weighted by molar-refractivity contribution is 0.299. The van der Waals surface area contributed by atoms with Crippen LogP contribution in [0.2, 0.25) is 0 Å². The van der Waals surface area contributed by atoms with Crippen LogP contribution in [0.1, 0.15) is 43.2 Å². The monoisotopic (exact) mass is 219 g/mol. The molecular weight excluding hydrogens is 198 g/mol. The first-order valence-electron chi connectivity index (χ1n) is 6.10. The normalized spacial score (nSPS) is 19.4. The Morgan fingerprint density at radius 1 is 1.19 bits per heavy atom. The molecule has 2 rings (SSSR count). The van der Waals surface area contributed by atoms with Gasteiger partial charge >= 0.3 is 0 Å². The smallest absolute Gasteiger partial charge is 0.122 e. The molecule has 0 spiro atoms. The predicted octanol–water partition coefficient (Wildman–Crippen LogP) is 3.12. The highest BCUT2D eigenvalue weighted by Gasteiger charge is 2.31. The highest BCUT2D eigenvalue weighted by Crippen LogP contribution is 2.38. The fraction of sp³-hybridized carbons (Fsp3) is 0.571. The van der Waals surface area contributed by atoms with Crippen LogP contribution in [0.25, 0.3) is 0 Å². The molecule has 2 heteroatoms. The van der Waals surface area contributed by atoms with Crippen molar-refractivity contribution in [2.24, 2.45) is 5.73 Å². The first-order valence-corrected chi connectivity index (χ1v) is 6.10. The van der Waals surface area contributed by atoms with E-state index in [4.69, 9.17) is 10.5 Å². The van der Waals surface area contributed by atoms with Gasteiger partial charge in [-0.15, -0.1) is 0 Å². The molecule has 0 aromatic heterocycles. The summed E-state index contributed by atoms with van der Waals surface area (Å²) < 4.78 is 5.37. The Kier molecular flexibility index (Phi) is 3.20. The molecule has 1 fully saturated rings. The van der Waals surface area contributed by atoms with Crippen LogP contribution < -0.4 is 10.5 Å². The van der Waals surface area contributed by atoms with Gasteiger partial charge in [0, 0.05) is 5.54 Å². The van der Waals surface area contributed by atoms with E-state index in [1.807, 2.05) is 12.1 Å². The highest BCUT2D eigenvalue weighted by atomic mass is 16.5. The third kappa shape index (κ3) is 1.94. The first-order chi connectivity index (χ1) is 7.67. The van der Waals surface area contributed by atoms with Crippen molar-refractivity contribution in [2.45, 2.75) is 44.6 Å². The van der Waals surface area contributed by atoms with E-state index in [9.17, 15) is 0 Å². The standard InChI is InChI=1S/C14H21NO/c1-11-12(7-6-8-13(11)16-2)14(15)9-4-3-5-10-14/h6-8H,3-5,9-10,15H2,1-2H3. The second kappa shape index (κ2) is 4.46. The van der Waals surface area contributed by atoms with Gasteiger partial charge in [-0.2, -0.15) is 0 Å². The van der Waals surface area contributed by atoms with E-state index in [1.165, 1.54) is 30.4 Å². The summed E-state index contributed by atoms with van der Waals surface area (Å²) in [6, 6.07) is 6.21. The largest absolute Gasteiger partial charge is 0.496 e. The van der Waals surface area contributed by atoms with Crippen molar-refractivity contribution in [3.63, 3.8) is 0 Å². The zero-order valence-electron chi connectivity index (χ0n) is 10.3. The van der Waals surface area contributed by atoms with Crippen LogP contribution in [0.15, 0.2) is 18.2 Å². The number of benzene rings is 1. The van der Waals surface area contributed by atoms with Crippen LogP contribution in [0, 0.1) is 6.92 Å². The molecule has 1 aromatic rings. The summed E-state index contributed by atoms with van der Waals surface area (Å²) in [5.41, 5.74) is 8.89. The third-order valence-electron chi connectivity index (χ3n) is 3.79. The number of hydrogen-bond donors (Lipinski definition) is 1. The molecule has 1 saturated carbocycles. The molecule has 0 unspecified atom stereocenters. The minimum absolute atomic E-state index is 0.128. The molecule has 2 N–H and O–H groups in total. The lowest BCUT2D eigenvalue weighted by atomic mass is 9.76. The summed E-state index contributed by atoms with van der Waals surface area (Å²) in [5, 5.41) is 0. The van der Waals surface area contributed by atoms with Gasteiger partial charge in [0.25, 0.3) is 0 Å². The van der Waals surface area contributed by atoms with Crippen molar-refractivity contribution in [2.75, 3.05) is 7.11 Å². The second-order valence-corrected chi connectivity index (χ2v) is 4.85. The highest BCUT2D eigenvalue weighted by molar-refractivity contribution is 5.43. The molecule has 16 heavy (non-hydrogen) atoms. The molecule has 2 nitrogen and oxygen atoms in total. The molecule has 88 valence electrons. The van der Waals surface area contributed by atoms with Crippen LogP contribution in [0.3, 0.4) is 0 Å². The molecule has 0 atom stereocenters. The van der Waals surface area contributed by atoms with E-state index < -0.39 is 0 Å². The number of ether oxygens (including phenoxy) is 1. The van der Waals surface area contributed by atoms with Crippen molar-refractivity contribution < 1.29 is 4.74 Å². The van der Waals surface area contributed by atoms with Crippen molar-refractivity contribution in [1.29, 1.82) is 0 Å². The maximum atomic E-state index is 6.55. The summed E-state index contributed by atoms with van der Waals surface area (Å²) in [5.74, 6) is 0.952. The Balaban J connectivity index is 2.38. The Hall–Kier alpha value is -1.02. The van der Waals surface area contributed by atoms with Gasteiger partial charge in [0.15, 0.2) is 0 Å². The number of nitrogens with two attached hydrogens (primary N) is 1. The SMILES string of the molecule is COc1cccc(C2(N)CCCCC2)c1C. The maximum absolute atomic E-state index is 6.55. The first kappa shape index (κ1) is 11.5. The summed E-state index contributed by atoms with van der Waals surface area (Å²) in [4.78, 5) is 0. The van der Waals surface area contributed by atoms with Crippen LogP contribution in [0.5, 0.6) is 5.75 Å². The maximum Gasteiger partial charge on any atom is 0.122 e.